The molecule has 0 aromatic heterocycles. The van der Waals surface area contributed by atoms with Crippen LogP contribution < -0.4 is 10.1 Å². The molecule has 1 saturated heterocycles. The summed E-state index contributed by atoms with van der Waals surface area (Å²) in [6.45, 7) is 4.16. The first-order valence-corrected chi connectivity index (χ1v) is 11.0. The summed E-state index contributed by atoms with van der Waals surface area (Å²) in [5.74, 6) is 0.304. The van der Waals surface area contributed by atoms with Gasteiger partial charge in [0.05, 0.1) is 12.2 Å². The largest absolute Gasteiger partial charge is 0.493 e. The van der Waals surface area contributed by atoms with E-state index in [0.29, 0.717) is 29.2 Å². The van der Waals surface area contributed by atoms with Crippen LogP contribution in [0, 0.1) is 0 Å². The van der Waals surface area contributed by atoms with Crippen molar-refractivity contribution < 1.29 is 14.3 Å². The lowest BCUT2D eigenvalue weighted by atomic mass is 10.1. The molecule has 2 aromatic rings. The monoisotopic (exact) mass is 458 g/mol. The van der Waals surface area contributed by atoms with Crippen LogP contribution in [0.1, 0.15) is 59.7 Å². The molecule has 1 N–H and O–H groups in total. The zero-order valence-corrected chi connectivity index (χ0v) is 18.3. The molecule has 2 aromatic carbocycles. The minimum absolute atomic E-state index is 0.0254. The molecule has 3 rings (SSSR count). The Labute approximate surface area is 180 Å². The maximum atomic E-state index is 12.9. The van der Waals surface area contributed by atoms with Crippen molar-refractivity contribution in [1.29, 1.82) is 0 Å². The number of nitrogens with zero attached hydrogens (tertiary/aromatic N) is 1. The molecule has 5 nitrogen and oxygen atoms in total. The molecule has 29 heavy (non-hydrogen) atoms. The van der Waals surface area contributed by atoms with Crippen molar-refractivity contribution in [3.63, 3.8) is 0 Å². The molecule has 1 fully saturated rings. The summed E-state index contributed by atoms with van der Waals surface area (Å²) in [6.07, 6.45) is 5.30. The van der Waals surface area contributed by atoms with Crippen LogP contribution in [0.5, 0.6) is 5.75 Å². The predicted molar refractivity (Wildman–Crippen MR) is 119 cm³/mol. The Balaban J connectivity index is 1.75. The highest BCUT2D eigenvalue weighted by atomic mass is 79.9. The maximum Gasteiger partial charge on any atom is 0.259 e. The van der Waals surface area contributed by atoms with E-state index in [9.17, 15) is 9.59 Å². The summed E-state index contributed by atoms with van der Waals surface area (Å²) in [5, 5.41) is 2.90. The normalized spacial score (nSPS) is 14.2. The highest BCUT2D eigenvalue weighted by molar-refractivity contribution is 9.10. The maximum absolute atomic E-state index is 12.9. The van der Waals surface area contributed by atoms with E-state index in [1.54, 1.807) is 36.4 Å². The molecule has 0 saturated carbocycles. The van der Waals surface area contributed by atoms with Gasteiger partial charge < -0.3 is 15.0 Å². The Hall–Kier alpha value is -2.34. The standard InChI is InChI=1S/C23H27BrN2O3/c1-2-14-29-21-11-10-18(24)16-20(21)22(27)25-19-9-7-8-17(15-19)23(28)26-12-5-3-4-6-13-26/h7-11,15-16H,2-6,12-14H2,1H3,(H,25,27). The van der Waals surface area contributed by atoms with Crippen molar-refractivity contribution in [3.05, 3.63) is 58.1 Å². The lowest BCUT2D eigenvalue weighted by molar-refractivity contribution is 0.0761. The zero-order valence-electron chi connectivity index (χ0n) is 16.7. The van der Waals surface area contributed by atoms with Crippen LogP contribution in [0.3, 0.4) is 0 Å². The zero-order chi connectivity index (χ0) is 20.6. The summed E-state index contributed by atoms with van der Waals surface area (Å²) >= 11 is 3.41. The van der Waals surface area contributed by atoms with E-state index in [2.05, 4.69) is 21.2 Å². The number of nitrogens with one attached hydrogen (secondary N) is 1. The van der Waals surface area contributed by atoms with Gasteiger partial charge >= 0.3 is 0 Å². The fourth-order valence-electron chi connectivity index (χ4n) is 3.40. The number of carbonyl (C=O) groups excluding carboxylic acids is 2. The van der Waals surface area contributed by atoms with Crippen LogP contribution in [0.2, 0.25) is 0 Å². The van der Waals surface area contributed by atoms with E-state index in [1.807, 2.05) is 17.9 Å². The highest BCUT2D eigenvalue weighted by Crippen LogP contribution is 2.25. The average molecular weight is 459 g/mol. The minimum Gasteiger partial charge on any atom is -0.493 e. The summed E-state index contributed by atoms with van der Waals surface area (Å²) < 4.78 is 6.51. The molecular weight excluding hydrogens is 432 g/mol. The van der Waals surface area contributed by atoms with Crippen molar-refractivity contribution in [2.24, 2.45) is 0 Å². The molecule has 154 valence electrons. The van der Waals surface area contributed by atoms with Crippen molar-refractivity contribution in [2.75, 3.05) is 25.0 Å². The molecule has 0 atom stereocenters. The molecule has 0 spiro atoms. The number of ether oxygens (including phenoxy) is 1. The number of halogens is 1. The second-order valence-electron chi connectivity index (χ2n) is 7.23. The lowest BCUT2D eigenvalue weighted by Gasteiger charge is -2.20. The van der Waals surface area contributed by atoms with Gasteiger partial charge in [0, 0.05) is 28.8 Å². The van der Waals surface area contributed by atoms with Crippen LogP contribution in [0.25, 0.3) is 0 Å². The Morgan fingerprint density at radius 2 is 1.83 bits per heavy atom. The fourth-order valence-corrected chi connectivity index (χ4v) is 3.76. The number of benzene rings is 2. The van der Waals surface area contributed by atoms with Gasteiger partial charge in [0.15, 0.2) is 0 Å². The van der Waals surface area contributed by atoms with Crippen molar-refractivity contribution in [3.8, 4) is 5.75 Å². The molecule has 2 amide bonds. The first-order valence-electron chi connectivity index (χ1n) is 10.2. The van der Waals surface area contributed by atoms with Crippen molar-refractivity contribution >= 4 is 33.4 Å². The number of carbonyl (C=O) groups is 2. The Kier molecular flexibility index (Phi) is 7.69. The molecule has 0 radical (unpaired) electrons. The Morgan fingerprint density at radius 3 is 2.55 bits per heavy atom. The summed E-state index contributed by atoms with van der Waals surface area (Å²) in [4.78, 5) is 27.7. The molecular formula is C23H27BrN2O3. The second-order valence-corrected chi connectivity index (χ2v) is 8.15. The van der Waals surface area contributed by atoms with Gasteiger partial charge in [-0.2, -0.15) is 0 Å². The van der Waals surface area contributed by atoms with Gasteiger partial charge in [0.2, 0.25) is 0 Å². The SMILES string of the molecule is CCCOc1ccc(Br)cc1C(=O)Nc1cccc(C(=O)N2CCCCCC2)c1. The van der Waals surface area contributed by atoms with Crippen LogP contribution in [-0.4, -0.2) is 36.4 Å². The molecule has 1 heterocycles. The number of anilines is 1. The molecule has 0 unspecified atom stereocenters. The second kappa shape index (κ2) is 10.4. The predicted octanol–water partition coefficient (Wildman–Crippen LogP) is 5.51. The smallest absolute Gasteiger partial charge is 0.259 e. The van der Waals surface area contributed by atoms with E-state index in [4.69, 9.17) is 4.74 Å². The van der Waals surface area contributed by atoms with E-state index in [-0.39, 0.29) is 11.8 Å². The summed E-state index contributed by atoms with van der Waals surface area (Å²) in [7, 11) is 0. The van der Waals surface area contributed by atoms with Crippen LogP contribution in [0.15, 0.2) is 46.9 Å². The van der Waals surface area contributed by atoms with E-state index in [0.717, 1.165) is 36.8 Å². The third-order valence-electron chi connectivity index (χ3n) is 4.91. The van der Waals surface area contributed by atoms with Crippen LogP contribution >= 0.6 is 15.9 Å². The van der Waals surface area contributed by atoms with Gasteiger partial charge in [-0.3, -0.25) is 9.59 Å². The van der Waals surface area contributed by atoms with Gasteiger partial charge in [-0.05, 0) is 55.7 Å². The van der Waals surface area contributed by atoms with E-state index < -0.39 is 0 Å². The topological polar surface area (TPSA) is 58.6 Å². The summed E-state index contributed by atoms with van der Waals surface area (Å²) in [6, 6.07) is 12.5. The third kappa shape index (κ3) is 5.82. The third-order valence-corrected chi connectivity index (χ3v) is 5.40. The fraction of sp³-hybridized carbons (Fsp3) is 0.391. The minimum atomic E-state index is -0.267. The molecule has 1 aliphatic rings. The molecule has 1 aliphatic heterocycles. The number of hydrogen-bond donors (Lipinski definition) is 1. The number of rotatable bonds is 6. The van der Waals surface area contributed by atoms with Gasteiger partial charge in [0.1, 0.15) is 5.75 Å². The average Bonchev–Trinajstić information content (AvgIpc) is 3.02. The van der Waals surface area contributed by atoms with Gasteiger partial charge in [0.25, 0.3) is 11.8 Å². The van der Waals surface area contributed by atoms with Gasteiger partial charge in [-0.25, -0.2) is 0 Å². The highest BCUT2D eigenvalue weighted by Gasteiger charge is 2.18. The first-order chi connectivity index (χ1) is 14.1. The molecule has 0 aliphatic carbocycles. The van der Waals surface area contributed by atoms with Crippen molar-refractivity contribution in [1.82, 2.24) is 4.90 Å². The van der Waals surface area contributed by atoms with E-state index >= 15 is 0 Å². The quantitative estimate of drug-likeness (QED) is 0.620. The molecule has 0 bridgehead atoms. The van der Waals surface area contributed by atoms with Gasteiger partial charge in [-0.15, -0.1) is 0 Å². The number of likely N-dealkylation sites (tertiary alicyclic amines) is 1. The van der Waals surface area contributed by atoms with Gasteiger partial charge in [-0.1, -0.05) is 41.8 Å². The lowest BCUT2D eigenvalue weighted by Crippen LogP contribution is -2.31. The number of hydrogen-bond acceptors (Lipinski definition) is 3. The van der Waals surface area contributed by atoms with Crippen molar-refractivity contribution in [2.45, 2.75) is 39.0 Å². The Morgan fingerprint density at radius 1 is 1.07 bits per heavy atom. The van der Waals surface area contributed by atoms with Crippen LogP contribution in [-0.2, 0) is 0 Å². The Bertz CT molecular complexity index is 861. The van der Waals surface area contributed by atoms with Crippen LogP contribution in [0.4, 0.5) is 5.69 Å². The molecule has 6 heteroatoms. The number of amides is 2. The van der Waals surface area contributed by atoms with E-state index in [1.165, 1.54) is 12.8 Å². The summed E-state index contributed by atoms with van der Waals surface area (Å²) in [5.41, 5.74) is 1.65. The first kappa shape index (κ1) is 21.4.